The number of fused-ring (bicyclic) bond motifs is 2. The first kappa shape index (κ1) is 17.0. The number of ether oxygens (including phenoxy) is 1. The number of para-hydroxylation sites is 1. The summed E-state index contributed by atoms with van der Waals surface area (Å²) in [5.41, 5.74) is 1.08. The number of hydrogen-bond donors (Lipinski definition) is 2. The summed E-state index contributed by atoms with van der Waals surface area (Å²) >= 11 is 0. The number of nitrogens with one attached hydrogen (secondary N) is 2. The minimum Gasteiger partial charge on any atom is -0.383 e. The molecule has 2 aliphatic carbocycles. The van der Waals surface area contributed by atoms with Crippen molar-refractivity contribution >= 4 is 17.5 Å². The van der Waals surface area contributed by atoms with Gasteiger partial charge in [-0.1, -0.05) is 18.6 Å². The van der Waals surface area contributed by atoms with Gasteiger partial charge in [-0.05, 0) is 49.1 Å². The molecular weight excluding hydrogens is 304 g/mol. The smallest absolute Gasteiger partial charge is 0.253 e. The molecule has 130 valence electrons. The van der Waals surface area contributed by atoms with Crippen LogP contribution < -0.4 is 10.6 Å². The van der Waals surface area contributed by atoms with Crippen molar-refractivity contribution < 1.29 is 14.3 Å². The van der Waals surface area contributed by atoms with Crippen LogP contribution in [0.2, 0.25) is 0 Å². The monoisotopic (exact) mass is 330 g/mol. The molecule has 2 fully saturated rings. The molecular formula is C19H26N2O3. The molecule has 2 saturated carbocycles. The van der Waals surface area contributed by atoms with Gasteiger partial charge >= 0.3 is 0 Å². The first-order chi connectivity index (χ1) is 11.7. The molecule has 2 aliphatic rings. The minimum absolute atomic E-state index is 0.0182. The molecule has 0 spiro atoms. The van der Waals surface area contributed by atoms with E-state index in [1.54, 1.807) is 25.3 Å². The van der Waals surface area contributed by atoms with Crippen molar-refractivity contribution in [2.45, 2.75) is 32.1 Å². The fourth-order valence-electron chi connectivity index (χ4n) is 4.22. The molecule has 2 N–H and O–H groups in total. The van der Waals surface area contributed by atoms with Crippen LogP contribution in [-0.4, -0.2) is 32.1 Å². The average Bonchev–Trinajstić information content (AvgIpc) is 3.18. The molecule has 3 atom stereocenters. The lowest BCUT2D eigenvalue weighted by molar-refractivity contribution is -0.117. The summed E-state index contributed by atoms with van der Waals surface area (Å²) in [6, 6.07) is 7.15. The quantitative estimate of drug-likeness (QED) is 0.756. The second-order valence-electron chi connectivity index (χ2n) is 6.98. The first-order valence-electron chi connectivity index (χ1n) is 8.83. The van der Waals surface area contributed by atoms with E-state index < -0.39 is 0 Å². The first-order valence-corrected chi connectivity index (χ1v) is 8.83. The van der Waals surface area contributed by atoms with Gasteiger partial charge in [-0.3, -0.25) is 9.59 Å². The minimum atomic E-state index is -0.192. The van der Waals surface area contributed by atoms with Gasteiger partial charge in [0, 0.05) is 20.1 Å². The maximum absolute atomic E-state index is 12.4. The van der Waals surface area contributed by atoms with Crippen LogP contribution in [0.1, 0.15) is 42.5 Å². The van der Waals surface area contributed by atoms with Crippen molar-refractivity contribution in [1.29, 1.82) is 0 Å². The van der Waals surface area contributed by atoms with Gasteiger partial charge in [0.25, 0.3) is 5.91 Å². The van der Waals surface area contributed by atoms with E-state index in [9.17, 15) is 9.59 Å². The lowest BCUT2D eigenvalue weighted by Gasteiger charge is -2.21. The highest BCUT2D eigenvalue weighted by atomic mass is 16.5. The SMILES string of the molecule is COCCNC(=O)c1ccccc1NC(=O)C[C@@H]1C[C@H]2CC[C@H]1C2. The van der Waals surface area contributed by atoms with Crippen LogP contribution in [0.25, 0.3) is 0 Å². The van der Waals surface area contributed by atoms with Gasteiger partial charge < -0.3 is 15.4 Å². The van der Waals surface area contributed by atoms with Crippen LogP contribution >= 0.6 is 0 Å². The highest BCUT2D eigenvalue weighted by Crippen LogP contribution is 2.49. The van der Waals surface area contributed by atoms with E-state index in [1.165, 1.54) is 25.7 Å². The molecule has 2 amide bonds. The number of benzene rings is 1. The zero-order valence-corrected chi connectivity index (χ0v) is 14.2. The summed E-state index contributed by atoms with van der Waals surface area (Å²) in [4.78, 5) is 24.7. The summed E-state index contributed by atoms with van der Waals surface area (Å²) < 4.78 is 4.94. The Bertz CT molecular complexity index is 602. The van der Waals surface area contributed by atoms with Crippen molar-refractivity contribution in [2.75, 3.05) is 25.6 Å². The van der Waals surface area contributed by atoms with E-state index in [1.807, 2.05) is 6.07 Å². The third-order valence-electron chi connectivity index (χ3n) is 5.37. The Balaban J connectivity index is 1.58. The number of methoxy groups -OCH3 is 1. The summed E-state index contributed by atoms with van der Waals surface area (Å²) in [6.07, 6.45) is 5.68. The molecule has 0 unspecified atom stereocenters. The molecule has 0 heterocycles. The van der Waals surface area contributed by atoms with Crippen molar-refractivity contribution in [1.82, 2.24) is 5.32 Å². The number of amides is 2. The van der Waals surface area contributed by atoms with Crippen LogP contribution in [0, 0.1) is 17.8 Å². The second-order valence-corrected chi connectivity index (χ2v) is 6.98. The highest BCUT2D eigenvalue weighted by Gasteiger charge is 2.40. The molecule has 0 aromatic heterocycles. The molecule has 1 aromatic rings. The van der Waals surface area contributed by atoms with Gasteiger partial charge in [0.2, 0.25) is 5.91 Å². The van der Waals surface area contributed by atoms with Crippen molar-refractivity contribution in [2.24, 2.45) is 17.8 Å². The lowest BCUT2D eigenvalue weighted by atomic mass is 9.86. The topological polar surface area (TPSA) is 67.4 Å². The normalized spacial score (nSPS) is 24.8. The molecule has 1 aromatic carbocycles. The van der Waals surface area contributed by atoms with Crippen LogP contribution in [0.5, 0.6) is 0 Å². The molecule has 0 saturated heterocycles. The standard InChI is InChI=1S/C19H26N2O3/c1-24-9-8-20-19(23)16-4-2-3-5-17(16)21-18(22)12-15-11-13-6-7-14(15)10-13/h2-5,13-15H,6-12H2,1H3,(H,20,23)(H,21,22)/t13-,14-,15-/m0/s1. The summed E-state index contributed by atoms with van der Waals surface area (Å²) in [5.74, 6) is 1.92. The molecule has 2 bridgehead atoms. The molecule has 24 heavy (non-hydrogen) atoms. The third kappa shape index (κ3) is 3.96. The predicted molar refractivity (Wildman–Crippen MR) is 92.8 cm³/mol. The molecule has 0 radical (unpaired) electrons. The van der Waals surface area contributed by atoms with Gasteiger partial charge in [-0.2, -0.15) is 0 Å². The Hall–Kier alpha value is -1.88. The fraction of sp³-hybridized carbons (Fsp3) is 0.579. The molecule has 5 heteroatoms. The summed E-state index contributed by atoms with van der Waals surface area (Å²) in [6.45, 7) is 0.910. The second kappa shape index (κ2) is 7.79. The number of anilines is 1. The van der Waals surface area contributed by atoms with E-state index >= 15 is 0 Å². The van der Waals surface area contributed by atoms with E-state index in [4.69, 9.17) is 4.74 Å². The van der Waals surface area contributed by atoms with Crippen LogP contribution in [0.3, 0.4) is 0 Å². The summed E-state index contributed by atoms with van der Waals surface area (Å²) in [7, 11) is 1.59. The number of carbonyl (C=O) groups is 2. The van der Waals surface area contributed by atoms with Crippen LogP contribution in [0.4, 0.5) is 5.69 Å². The molecule has 3 rings (SSSR count). The van der Waals surface area contributed by atoms with Crippen molar-refractivity contribution in [3.8, 4) is 0 Å². The Morgan fingerprint density at radius 3 is 2.75 bits per heavy atom. The Kier molecular flexibility index (Phi) is 5.51. The van der Waals surface area contributed by atoms with E-state index in [0.29, 0.717) is 36.7 Å². The van der Waals surface area contributed by atoms with Gasteiger partial charge in [0.1, 0.15) is 0 Å². The van der Waals surface area contributed by atoms with Crippen LogP contribution in [0.15, 0.2) is 24.3 Å². The van der Waals surface area contributed by atoms with E-state index in [2.05, 4.69) is 10.6 Å². The Morgan fingerprint density at radius 1 is 1.21 bits per heavy atom. The maximum atomic E-state index is 12.4. The lowest BCUT2D eigenvalue weighted by Crippen LogP contribution is -2.28. The van der Waals surface area contributed by atoms with Gasteiger partial charge in [0.15, 0.2) is 0 Å². The maximum Gasteiger partial charge on any atom is 0.253 e. The fourth-order valence-corrected chi connectivity index (χ4v) is 4.22. The Labute approximate surface area is 143 Å². The number of carbonyl (C=O) groups excluding carboxylic acids is 2. The Morgan fingerprint density at radius 2 is 2.04 bits per heavy atom. The molecule has 0 aliphatic heterocycles. The van der Waals surface area contributed by atoms with Crippen molar-refractivity contribution in [3.63, 3.8) is 0 Å². The van der Waals surface area contributed by atoms with Gasteiger partial charge in [-0.25, -0.2) is 0 Å². The largest absolute Gasteiger partial charge is 0.383 e. The zero-order valence-electron chi connectivity index (χ0n) is 14.2. The number of hydrogen-bond acceptors (Lipinski definition) is 3. The van der Waals surface area contributed by atoms with Crippen LogP contribution in [-0.2, 0) is 9.53 Å². The van der Waals surface area contributed by atoms with E-state index in [0.717, 1.165) is 11.8 Å². The summed E-state index contributed by atoms with van der Waals surface area (Å²) in [5, 5.41) is 5.73. The highest BCUT2D eigenvalue weighted by molar-refractivity contribution is 6.03. The van der Waals surface area contributed by atoms with Crippen molar-refractivity contribution in [3.05, 3.63) is 29.8 Å². The zero-order chi connectivity index (χ0) is 16.9. The van der Waals surface area contributed by atoms with Gasteiger partial charge in [-0.15, -0.1) is 0 Å². The van der Waals surface area contributed by atoms with E-state index in [-0.39, 0.29) is 11.8 Å². The van der Waals surface area contributed by atoms with Gasteiger partial charge in [0.05, 0.1) is 17.9 Å². The predicted octanol–water partition coefficient (Wildman–Crippen LogP) is 2.83. The third-order valence-corrected chi connectivity index (χ3v) is 5.37. The number of rotatable bonds is 7. The average molecular weight is 330 g/mol. The molecule has 5 nitrogen and oxygen atoms in total.